The molecule has 0 atom stereocenters. The molecule has 1 aliphatic rings. The topological polar surface area (TPSA) is 110 Å². The van der Waals surface area contributed by atoms with E-state index in [0.717, 1.165) is 5.56 Å². The van der Waals surface area contributed by atoms with Crippen molar-refractivity contribution in [1.82, 2.24) is 24.8 Å². The zero-order valence-electron chi connectivity index (χ0n) is 21.5. The third kappa shape index (κ3) is 5.71. The molecule has 11 heteroatoms. The van der Waals surface area contributed by atoms with Gasteiger partial charge in [-0.15, -0.1) is 0 Å². The van der Waals surface area contributed by atoms with Crippen LogP contribution in [0.4, 0.5) is 10.3 Å². The number of rotatable bonds is 7. The highest BCUT2D eigenvalue weighted by molar-refractivity contribution is 5.82. The predicted octanol–water partition coefficient (Wildman–Crippen LogP) is 1.49. The SMILES string of the molecule is CNC(=O)COc1cc2cc(Cc3nc(N4CCC(C(=O)N(C)C)CC4)ncc3F)ccc2n(C)c1=O. The third-order valence-electron chi connectivity index (χ3n) is 6.64. The van der Waals surface area contributed by atoms with Crippen LogP contribution >= 0.6 is 0 Å². The lowest BCUT2D eigenvalue weighted by molar-refractivity contribution is -0.133. The van der Waals surface area contributed by atoms with Gasteiger partial charge in [-0.25, -0.2) is 14.4 Å². The molecule has 4 rings (SSSR count). The van der Waals surface area contributed by atoms with E-state index in [9.17, 15) is 18.8 Å². The number of halogens is 1. The first-order valence-electron chi connectivity index (χ1n) is 12.1. The van der Waals surface area contributed by atoms with Crippen LogP contribution in [0.25, 0.3) is 10.9 Å². The van der Waals surface area contributed by atoms with Crippen molar-refractivity contribution in [2.24, 2.45) is 13.0 Å². The average molecular weight is 511 g/mol. The molecule has 10 nitrogen and oxygen atoms in total. The number of carbonyl (C=O) groups is 2. The van der Waals surface area contributed by atoms with E-state index in [1.165, 1.54) is 17.8 Å². The Morgan fingerprint density at radius 1 is 1.22 bits per heavy atom. The fourth-order valence-electron chi connectivity index (χ4n) is 4.48. The maximum atomic E-state index is 14.7. The molecule has 3 heterocycles. The Labute approximate surface area is 214 Å². The number of hydrogen-bond acceptors (Lipinski definition) is 7. The minimum atomic E-state index is -0.503. The van der Waals surface area contributed by atoms with E-state index in [1.54, 1.807) is 38.2 Å². The number of carbonyl (C=O) groups excluding carboxylic acids is 2. The zero-order valence-corrected chi connectivity index (χ0v) is 21.5. The molecule has 2 amide bonds. The molecule has 0 bridgehead atoms. The molecule has 0 aliphatic carbocycles. The first-order chi connectivity index (χ1) is 17.7. The normalized spacial score (nSPS) is 14.0. The molecule has 1 aliphatic heterocycles. The van der Waals surface area contributed by atoms with Gasteiger partial charge in [0, 0.05) is 59.0 Å². The molecule has 1 aromatic carbocycles. The van der Waals surface area contributed by atoms with Crippen LogP contribution in [0, 0.1) is 11.7 Å². The monoisotopic (exact) mass is 510 g/mol. The Morgan fingerprint density at radius 2 is 1.95 bits per heavy atom. The highest BCUT2D eigenvalue weighted by Crippen LogP contribution is 2.24. The Balaban J connectivity index is 1.54. The molecule has 0 unspecified atom stereocenters. The third-order valence-corrected chi connectivity index (χ3v) is 6.64. The molecule has 1 N–H and O–H groups in total. The Morgan fingerprint density at radius 3 is 2.62 bits per heavy atom. The van der Waals surface area contributed by atoms with Gasteiger partial charge >= 0.3 is 0 Å². The molecule has 1 fully saturated rings. The van der Waals surface area contributed by atoms with Crippen molar-refractivity contribution in [3.8, 4) is 5.75 Å². The Kier molecular flexibility index (Phi) is 7.70. The first-order valence-corrected chi connectivity index (χ1v) is 12.1. The smallest absolute Gasteiger partial charge is 0.293 e. The lowest BCUT2D eigenvalue weighted by Gasteiger charge is -2.32. The van der Waals surface area contributed by atoms with Gasteiger partial charge in [-0.3, -0.25) is 14.4 Å². The van der Waals surface area contributed by atoms with E-state index in [4.69, 9.17) is 4.74 Å². The number of anilines is 1. The average Bonchev–Trinajstić information content (AvgIpc) is 2.90. The van der Waals surface area contributed by atoms with Crippen LogP contribution in [0.5, 0.6) is 5.75 Å². The lowest BCUT2D eigenvalue weighted by atomic mass is 9.96. The standard InChI is InChI=1S/C26H31FN6O4/c1-28-23(34)15-37-22-13-18-11-16(5-6-21(18)32(4)25(22)36)12-20-19(27)14-29-26(30-20)33-9-7-17(8-10-33)24(35)31(2)3/h5-6,11,13-14,17H,7-10,12,15H2,1-4H3,(H,28,34). The Hall–Kier alpha value is -4.02. The summed E-state index contributed by atoms with van der Waals surface area (Å²) in [7, 11) is 6.63. The first kappa shape index (κ1) is 26.1. The number of aromatic nitrogens is 3. The Bertz CT molecular complexity index is 1380. The number of nitrogens with zero attached hydrogens (tertiary/aromatic N) is 5. The molecule has 2 aromatic heterocycles. The molecule has 37 heavy (non-hydrogen) atoms. The number of piperidine rings is 1. The summed E-state index contributed by atoms with van der Waals surface area (Å²) in [6.45, 7) is 0.975. The van der Waals surface area contributed by atoms with Gasteiger partial charge in [0.1, 0.15) is 0 Å². The lowest BCUT2D eigenvalue weighted by Crippen LogP contribution is -2.40. The van der Waals surface area contributed by atoms with E-state index in [1.807, 2.05) is 17.0 Å². The maximum absolute atomic E-state index is 14.7. The number of likely N-dealkylation sites (N-methyl/N-ethyl adjacent to an activating group) is 1. The summed E-state index contributed by atoms with van der Waals surface area (Å²) >= 11 is 0. The van der Waals surface area contributed by atoms with Gasteiger partial charge in [0.25, 0.3) is 11.5 Å². The van der Waals surface area contributed by atoms with Crippen molar-refractivity contribution in [3.63, 3.8) is 0 Å². The summed E-state index contributed by atoms with van der Waals surface area (Å²) in [5, 5.41) is 3.16. The van der Waals surface area contributed by atoms with Gasteiger partial charge < -0.3 is 24.4 Å². The van der Waals surface area contributed by atoms with Crippen molar-refractivity contribution >= 4 is 28.7 Å². The number of hydrogen-bond donors (Lipinski definition) is 1. The number of pyridine rings is 1. The molecule has 0 radical (unpaired) electrons. The molecular weight excluding hydrogens is 479 g/mol. The zero-order chi connectivity index (χ0) is 26.7. The summed E-state index contributed by atoms with van der Waals surface area (Å²) in [4.78, 5) is 48.7. The molecule has 0 saturated carbocycles. The highest BCUT2D eigenvalue weighted by atomic mass is 19.1. The summed E-state index contributed by atoms with van der Waals surface area (Å²) in [6.07, 6.45) is 2.80. The van der Waals surface area contributed by atoms with Crippen LogP contribution in [0.1, 0.15) is 24.1 Å². The quantitative estimate of drug-likeness (QED) is 0.513. The second kappa shape index (κ2) is 10.9. The number of benzene rings is 1. The summed E-state index contributed by atoms with van der Waals surface area (Å²) in [5.41, 5.74) is 1.38. The van der Waals surface area contributed by atoms with Crippen molar-refractivity contribution in [2.45, 2.75) is 19.3 Å². The fraction of sp³-hybridized carbons (Fsp3) is 0.423. The van der Waals surface area contributed by atoms with E-state index >= 15 is 0 Å². The number of ether oxygens (including phenoxy) is 1. The van der Waals surface area contributed by atoms with Crippen LogP contribution in [0.15, 0.2) is 35.3 Å². The van der Waals surface area contributed by atoms with E-state index in [2.05, 4.69) is 15.3 Å². The summed E-state index contributed by atoms with van der Waals surface area (Å²) < 4.78 is 21.6. The van der Waals surface area contributed by atoms with Crippen molar-refractivity contribution in [2.75, 3.05) is 45.7 Å². The van der Waals surface area contributed by atoms with Crippen LogP contribution in [-0.4, -0.2) is 72.1 Å². The molecule has 196 valence electrons. The molecule has 3 aromatic rings. The van der Waals surface area contributed by atoms with Crippen molar-refractivity contribution in [1.29, 1.82) is 0 Å². The van der Waals surface area contributed by atoms with Gasteiger partial charge in [-0.1, -0.05) is 6.07 Å². The fourth-order valence-corrected chi connectivity index (χ4v) is 4.48. The summed E-state index contributed by atoms with van der Waals surface area (Å²) in [6, 6.07) is 7.06. The van der Waals surface area contributed by atoms with Gasteiger partial charge in [-0.2, -0.15) is 0 Å². The van der Waals surface area contributed by atoms with Gasteiger partial charge in [0.2, 0.25) is 11.9 Å². The summed E-state index contributed by atoms with van der Waals surface area (Å²) in [5.74, 6) is -0.250. The number of amides is 2. The molecular formula is C26H31FN6O4. The number of nitrogens with one attached hydrogen (secondary N) is 1. The van der Waals surface area contributed by atoms with Crippen molar-refractivity contribution < 1.29 is 18.7 Å². The number of aryl methyl sites for hydroxylation is 1. The second-order valence-corrected chi connectivity index (χ2v) is 9.36. The predicted molar refractivity (Wildman–Crippen MR) is 137 cm³/mol. The highest BCUT2D eigenvalue weighted by Gasteiger charge is 2.27. The van der Waals surface area contributed by atoms with E-state index < -0.39 is 5.82 Å². The van der Waals surface area contributed by atoms with Crippen LogP contribution in [0.2, 0.25) is 0 Å². The minimum absolute atomic E-state index is 0.0232. The molecule has 0 spiro atoms. The van der Waals surface area contributed by atoms with Crippen LogP contribution in [0.3, 0.4) is 0 Å². The molecule has 1 saturated heterocycles. The second-order valence-electron chi connectivity index (χ2n) is 9.36. The van der Waals surface area contributed by atoms with Crippen LogP contribution < -0.4 is 20.5 Å². The largest absolute Gasteiger partial charge is 0.478 e. The van der Waals surface area contributed by atoms with Gasteiger partial charge in [0.15, 0.2) is 18.2 Å². The van der Waals surface area contributed by atoms with E-state index in [0.29, 0.717) is 42.8 Å². The minimum Gasteiger partial charge on any atom is -0.478 e. The van der Waals surface area contributed by atoms with Crippen LogP contribution in [-0.2, 0) is 23.1 Å². The maximum Gasteiger partial charge on any atom is 0.293 e. The van der Waals surface area contributed by atoms with E-state index in [-0.39, 0.29) is 47.8 Å². The number of fused-ring (bicyclic) bond motifs is 1. The van der Waals surface area contributed by atoms with Gasteiger partial charge in [-0.05, 0) is 36.6 Å². The van der Waals surface area contributed by atoms with Gasteiger partial charge in [0.05, 0.1) is 17.4 Å². The van der Waals surface area contributed by atoms with Crippen molar-refractivity contribution in [3.05, 3.63) is 57.9 Å².